The van der Waals surface area contributed by atoms with Crippen LogP contribution in [0.25, 0.3) is 0 Å². The zero-order chi connectivity index (χ0) is 15.1. The molecule has 2 aromatic carbocycles. The fourth-order valence-corrected chi connectivity index (χ4v) is 1.95. The third-order valence-electron chi connectivity index (χ3n) is 3.20. The van der Waals surface area contributed by atoms with E-state index in [9.17, 15) is 4.79 Å². The Balaban J connectivity index is 1.84. The lowest BCUT2D eigenvalue weighted by Gasteiger charge is -2.17. The number of nitrogens with zero attached hydrogens (tertiary/aromatic N) is 1. The minimum Gasteiger partial charge on any atom is -0.445 e. The van der Waals surface area contributed by atoms with E-state index in [-0.39, 0.29) is 12.7 Å². The summed E-state index contributed by atoms with van der Waals surface area (Å²) in [5.74, 6) is 0. The molecule has 0 heterocycles. The van der Waals surface area contributed by atoms with Crippen molar-refractivity contribution in [3.05, 3.63) is 71.3 Å². The molecule has 0 aliphatic carbocycles. The maximum absolute atomic E-state index is 11.9. The van der Waals surface area contributed by atoms with Crippen LogP contribution in [0.5, 0.6) is 0 Å². The summed E-state index contributed by atoms with van der Waals surface area (Å²) in [7, 11) is 1.73. The number of carbonyl (C=O) groups excluding carboxylic acids is 1. The maximum Gasteiger partial charge on any atom is 0.410 e. The molecule has 0 aromatic heterocycles. The van der Waals surface area contributed by atoms with Crippen molar-refractivity contribution in [3.63, 3.8) is 0 Å². The largest absolute Gasteiger partial charge is 0.445 e. The number of nitrogens with two attached hydrogens (primary N) is 1. The standard InChI is InChI=1S/C17H20N2O2/c1-19(12-15-9-7-14(11-18)8-10-15)17(20)21-13-16-5-3-2-4-6-16/h2-10H,11-13,18H2,1H3. The molecule has 21 heavy (non-hydrogen) atoms. The number of amides is 1. The van der Waals surface area contributed by atoms with Crippen molar-refractivity contribution in [3.8, 4) is 0 Å². The SMILES string of the molecule is CN(Cc1ccc(CN)cc1)C(=O)OCc1ccccc1. The highest BCUT2D eigenvalue weighted by atomic mass is 16.6. The summed E-state index contributed by atoms with van der Waals surface area (Å²) in [5.41, 5.74) is 8.66. The highest BCUT2D eigenvalue weighted by Crippen LogP contribution is 2.08. The molecule has 0 atom stereocenters. The van der Waals surface area contributed by atoms with Crippen molar-refractivity contribution in [2.75, 3.05) is 7.05 Å². The summed E-state index contributed by atoms with van der Waals surface area (Å²) in [5, 5.41) is 0. The lowest BCUT2D eigenvalue weighted by Crippen LogP contribution is -2.26. The number of ether oxygens (including phenoxy) is 1. The van der Waals surface area contributed by atoms with Crippen LogP contribution in [0.1, 0.15) is 16.7 Å². The average molecular weight is 284 g/mol. The first-order valence-corrected chi connectivity index (χ1v) is 6.88. The fourth-order valence-electron chi connectivity index (χ4n) is 1.95. The number of rotatable bonds is 5. The van der Waals surface area contributed by atoms with Crippen LogP contribution < -0.4 is 5.73 Å². The van der Waals surface area contributed by atoms with Gasteiger partial charge in [0.2, 0.25) is 0 Å². The summed E-state index contributed by atoms with van der Waals surface area (Å²) >= 11 is 0. The predicted molar refractivity (Wildman–Crippen MR) is 82.4 cm³/mol. The molecular formula is C17H20N2O2. The van der Waals surface area contributed by atoms with E-state index in [1.54, 1.807) is 11.9 Å². The Kier molecular flexibility index (Phi) is 5.35. The number of carbonyl (C=O) groups is 1. The predicted octanol–water partition coefficient (Wildman–Crippen LogP) is 2.91. The Labute approximate surface area is 125 Å². The summed E-state index contributed by atoms with van der Waals surface area (Å²) in [6.45, 7) is 1.32. The van der Waals surface area contributed by atoms with Crippen LogP contribution in [0.15, 0.2) is 54.6 Å². The van der Waals surface area contributed by atoms with Gasteiger partial charge < -0.3 is 15.4 Å². The van der Waals surface area contributed by atoms with E-state index in [0.717, 1.165) is 16.7 Å². The Hall–Kier alpha value is -2.33. The molecule has 110 valence electrons. The van der Waals surface area contributed by atoms with E-state index in [1.165, 1.54) is 0 Å². The van der Waals surface area contributed by atoms with Crippen molar-refractivity contribution in [1.82, 2.24) is 4.90 Å². The van der Waals surface area contributed by atoms with Crippen LogP contribution >= 0.6 is 0 Å². The monoisotopic (exact) mass is 284 g/mol. The minimum atomic E-state index is -0.332. The second kappa shape index (κ2) is 7.45. The summed E-state index contributed by atoms with van der Waals surface area (Å²) < 4.78 is 5.27. The van der Waals surface area contributed by atoms with Gasteiger partial charge in [0, 0.05) is 20.1 Å². The molecule has 2 N–H and O–H groups in total. The quantitative estimate of drug-likeness (QED) is 0.918. The van der Waals surface area contributed by atoms with Crippen LogP contribution in [-0.2, 0) is 24.4 Å². The first kappa shape index (κ1) is 15.1. The third-order valence-corrected chi connectivity index (χ3v) is 3.20. The average Bonchev–Trinajstić information content (AvgIpc) is 2.54. The highest BCUT2D eigenvalue weighted by molar-refractivity contribution is 5.67. The van der Waals surface area contributed by atoms with Gasteiger partial charge in [-0.3, -0.25) is 0 Å². The first-order chi connectivity index (χ1) is 10.2. The van der Waals surface area contributed by atoms with E-state index in [2.05, 4.69) is 0 Å². The molecule has 0 aliphatic heterocycles. The van der Waals surface area contributed by atoms with Crippen LogP contribution in [0, 0.1) is 0 Å². The summed E-state index contributed by atoms with van der Waals surface area (Å²) in [6, 6.07) is 17.5. The van der Waals surface area contributed by atoms with Crippen LogP contribution in [0.3, 0.4) is 0 Å². The van der Waals surface area contributed by atoms with Crippen molar-refractivity contribution in [2.24, 2.45) is 5.73 Å². The van der Waals surface area contributed by atoms with Crippen molar-refractivity contribution >= 4 is 6.09 Å². The zero-order valence-corrected chi connectivity index (χ0v) is 12.2. The molecule has 2 rings (SSSR count). The van der Waals surface area contributed by atoms with E-state index < -0.39 is 0 Å². The van der Waals surface area contributed by atoms with E-state index >= 15 is 0 Å². The molecule has 0 bridgehead atoms. The van der Waals surface area contributed by atoms with Gasteiger partial charge >= 0.3 is 6.09 Å². The highest BCUT2D eigenvalue weighted by Gasteiger charge is 2.10. The molecule has 0 saturated heterocycles. The molecule has 4 heteroatoms. The number of benzene rings is 2. The molecule has 4 nitrogen and oxygen atoms in total. The normalized spacial score (nSPS) is 10.2. The van der Waals surface area contributed by atoms with Crippen molar-refractivity contribution in [1.29, 1.82) is 0 Å². The van der Waals surface area contributed by atoms with Crippen LogP contribution in [-0.4, -0.2) is 18.0 Å². The topological polar surface area (TPSA) is 55.6 Å². The Morgan fingerprint density at radius 1 is 1.00 bits per heavy atom. The molecule has 0 saturated carbocycles. The van der Waals surface area contributed by atoms with Gasteiger partial charge in [-0.25, -0.2) is 4.79 Å². The van der Waals surface area contributed by atoms with Gasteiger partial charge in [-0.1, -0.05) is 54.6 Å². The first-order valence-electron chi connectivity index (χ1n) is 6.88. The molecule has 0 fully saturated rings. The van der Waals surface area contributed by atoms with Crippen molar-refractivity contribution in [2.45, 2.75) is 19.7 Å². The van der Waals surface area contributed by atoms with Crippen molar-refractivity contribution < 1.29 is 9.53 Å². The maximum atomic E-state index is 11.9. The van der Waals surface area contributed by atoms with Gasteiger partial charge in [0.05, 0.1) is 0 Å². The summed E-state index contributed by atoms with van der Waals surface area (Å²) in [6.07, 6.45) is -0.332. The molecule has 0 spiro atoms. The zero-order valence-electron chi connectivity index (χ0n) is 12.2. The van der Waals surface area contributed by atoms with Crippen LogP contribution in [0.4, 0.5) is 4.79 Å². The molecule has 1 amide bonds. The van der Waals surface area contributed by atoms with E-state index in [0.29, 0.717) is 13.1 Å². The number of hydrogen-bond donors (Lipinski definition) is 1. The fraction of sp³-hybridized carbons (Fsp3) is 0.235. The van der Waals surface area contributed by atoms with E-state index in [4.69, 9.17) is 10.5 Å². The van der Waals surface area contributed by atoms with Gasteiger partial charge in [-0.15, -0.1) is 0 Å². The Morgan fingerprint density at radius 3 is 2.24 bits per heavy atom. The molecule has 0 aliphatic rings. The second-order valence-electron chi connectivity index (χ2n) is 4.92. The van der Waals surface area contributed by atoms with Gasteiger partial charge in [0.1, 0.15) is 6.61 Å². The van der Waals surface area contributed by atoms with Gasteiger partial charge in [0.15, 0.2) is 0 Å². The number of hydrogen-bond acceptors (Lipinski definition) is 3. The lowest BCUT2D eigenvalue weighted by atomic mass is 10.1. The smallest absolute Gasteiger partial charge is 0.410 e. The second-order valence-corrected chi connectivity index (χ2v) is 4.92. The van der Waals surface area contributed by atoms with Gasteiger partial charge in [-0.05, 0) is 16.7 Å². The Morgan fingerprint density at radius 2 is 1.62 bits per heavy atom. The van der Waals surface area contributed by atoms with Crippen LogP contribution in [0.2, 0.25) is 0 Å². The molecule has 0 radical (unpaired) electrons. The van der Waals surface area contributed by atoms with E-state index in [1.807, 2.05) is 54.6 Å². The third kappa shape index (κ3) is 4.61. The Bertz CT molecular complexity index is 567. The summed E-state index contributed by atoms with van der Waals surface area (Å²) in [4.78, 5) is 13.5. The molecular weight excluding hydrogens is 264 g/mol. The van der Waals surface area contributed by atoms with Gasteiger partial charge in [-0.2, -0.15) is 0 Å². The van der Waals surface area contributed by atoms with Gasteiger partial charge in [0.25, 0.3) is 0 Å². The minimum absolute atomic E-state index is 0.288. The molecule has 0 unspecified atom stereocenters. The molecule has 2 aromatic rings. The lowest BCUT2D eigenvalue weighted by molar-refractivity contribution is 0.103.